The van der Waals surface area contributed by atoms with E-state index in [1.54, 1.807) is 0 Å². The summed E-state index contributed by atoms with van der Waals surface area (Å²) in [5, 5.41) is 11.9. The summed E-state index contributed by atoms with van der Waals surface area (Å²) in [4.78, 5) is 12.2. The van der Waals surface area contributed by atoms with Gasteiger partial charge in [-0.25, -0.2) is 4.39 Å². The molecule has 1 aliphatic carbocycles. The van der Waals surface area contributed by atoms with E-state index in [1.807, 2.05) is 0 Å². The normalized spacial score (nSPS) is 16.7. The Morgan fingerprint density at radius 3 is 2.74 bits per heavy atom. The van der Waals surface area contributed by atoms with Gasteiger partial charge in [0.15, 0.2) is 0 Å². The van der Waals surface area contributed by atoms with Crippen molar-refractivity contribution in [3.63, 3.8) is 0 Å². The van der Waals surface area contributed by atoms with Gasteiger partial charge in [-0.2, -0.15) is 5.26 Å². The highest BCUT2D eigenvalue weighted by Gasteiger charge is 2.36. The Kier molecular flexibility index (Phi) is 3.70. The molecule has 2 rings (SSSR count). The smallest absolute Gasteiger partial charge is 0.259 e. The first-order chi connectivity index (χ1) is 9.12. The van der Waals surface area contributed by atoms with E-state index in [9.17, 15) is 14.4 Å². The van der Waals surface area contributed by atoms with Crippen molar-refractivity contribution in [2.24, 2.45) is 0 Å². The lowest BCUT2D eigenvalue weighted by Crippen LogP contribution is -2.45. The fourth-order valence-corrected chi connectivity index (χ4v) is 2.42. The maximum Gasteiger partial charge on any atom is 0.259 e. The highest BCUT2D eigenvalue weighted by molar-refractivity contribution is 5.97. The predicted molar refractivity (Wildman–Crippen MR) is 67.2 cm³/mol. The summed E-state index contributed by atoms with van der Waals surface area (Å²) in [5.74, 6) is -1.08. The van der Waals surface area contributed by atoms with E-state index < -0.39 is 17.3 Å². The minimum Gasteiger partial charge on any atom is -0.496 e. The molecule has 1 aliphatic rings. The monoisotopic (exact) mass is 262 g/mol. The zero-order valence-electron chi connectivity index (χ0n) is 10.7. The first-order valence-corrected chi connectivity index (χ1v) is 6.18. The molecule has 1 aromatic carbocycles. The minimum atomic E-state index is -0.871. The summed E-state index contributed by atoms with van der Waals surface area (Å²) in [6.45, 7) is 0. The molecule has 1 amide bonds. The summed E-state index contributed by atoms with van der Waals surface area (Å²) >= 11 is 0. The van der Waals surface area contributed by atoms with E-state index in [-0.39, 0.29) is 11.3 Å². The van der Waals surface area contributed by atoms with E-state index in [2.05, 4.69) is 11.4 Å². The molecule has 1 aromatic rings. The second kappa shape index (κ2) is 5.27. The van der Waals surface area contributed by atoms with Crippen LogP contribution < -0.4 is 10.1 Å². The van der Waals surface area contributed by atoms with E-state index in [4.69, 9.17) is 4.74 Å². The Labute approximate surface area is 111 Å². The van der Waals surface area contributed by atoms with Gasteiger partial charge in [-0.1, -0.05) is 6.07 Å². The Morgan fingerprint density at radius 2 is 2.16 bits per heavy atom. The number of hydrogen-bond donors (Lipinski definition) is 1. The number of carbonyl (C=O) groups is 1. The van der Waals surface area contributed by atoms with Gasteiger partial charge in [-0.05, 0) is 37.8 Å². The summed E-state index contributed by atoms with van der Waals surface area (Å²) in [7, 11) is 1.38. The molecule has 0 radical (unpaired) electrons. The lowest BCUT2D eigenvalue weighted by molar-refractivity contribution is 0.0913. The number of methoxy groups -OCH3 is 1. The number of nitriles is 1. The second-order valence-electron chi connectivity index (χ2n) is 4.67. The number of hydrogen-bond acceptors (Lipinski definition) is 3. The third kappa shape index (κ3) is 2.53. The molecule has 1 fully saturated rings. The van der Waals surface area contributed by atoms with Crippen LogP contribution in [0.2, 0.25) is 0 Å². The number of benzene rings is 1. The maximum absolute atomic E-state index is 13.8. The van der Waals surface area contributed by atoms with Crippen LogP contribution in [0.25, 0.3) is 0 Å². The molecule has 5 heteroatoms. The summed E-state index contributed by atoms with van der Waals surface area (Å²) in [6.07, 6.45) is 2.99. The van der Waals surface area contributed by atoms with Gasteiger partial charge in [-0.3, -0.25) is 4.79 Å². The average molecular weight is 262 g/mol. The molecule has 19 heavy (non-hydrogen) atoms. The largest absolute Gasteiger partial charge is 0.496 e. The van der Waals surface area contributed by atoms with Gasteiger partial charge in [0.05, 0.1) is 13.2 Å². The summed E-state index contributed by atoms with van der Waals surface area (Å²) in [6, 6.07) is 6.33. The third-order valence-electron chi connectivity index (χ3n) is 3.45. The number of nitrogens with zero attached hydrogens (tertiary/aromatic N) is 1. The Hall–Kier alpha value is -2.09. The first kappa shape index (κ1) is 13.3. The fraction of sp³-hybridized carbons (Fsp3) is 0.429. The molecule has 100 valence electrons. The minimum absolute atomic E-state index is 0.147. The van der Waals surface area contributed by atoms with Crippen molar-refractivity contribution in [1.29, 1.82) is 5.26 Å². The summed E-state index contributed by atoms with van der Waals surface area (Å²) in [5.41, 5.74) is -1.02. The highest BCUT2D eigenvalue weighted by Crippen LogP contribution is 2.30. The van der Waals surface area contributed by atoms with Crippen LogP contribution in [0.3, 0.4) is 0 Å². The van der Waals surface area contributed by atoms with Gasteiger partial charge in [0.25, 0.3) is 5.91 Å². The Balaban J connectivity index is 2.28. The van der Waals surface area contributed by atoms with Crippen molar-refractivity contribution in [2.45, 2.75) is 31.2 Å². The number of nitrogens with one attached hydrogen (secondary N) is 1. The van der Waals surface area contributed by atoms with E-state index in [1.165, 1.54) is 25.3 Å². The number of ether oxygens (including phenoxy) is 1. The van der Waals surface area contributed by atoms with Gasteiger partial charge < -0.3 is 10.1 Å². The van der Waals surface area contributed by atoms with Crippen molar-refractivity contribution >= 4 is 5.91 Å². The first-order valence-electron chi connectivity index (χ1n) is 6.18. The molecule has 0 aliphatic heterocycles. The fourth-order valence-electron chi connectivity index (χ4n) is 2.42. The van der Waals surface area contributed by atoms with E-state index in [0.29, 0.717) is 12.8 Å². The molecule has 0 heterocycles. The molecule has 4 nitrogen and oxygen atoms in total. The SMILES string of the molecule is COc1cccc(F)c1C(=O)NC1(C#N)CCCC1. The van der Waals surface area contributed by atoms with Gasteiger partial charge in [0, 0.05) is 0 Å². The predicted octanol–water partition coefficient (Wildman–Crippen LogP) is 2.40. The molecule has 0 spiro atoms. The Morgan fingerprint density at radius 1 is 1.47 bits per heavy atom. The summed E-state index contributed by atoms with van der Waals surface area (Å²) < 4.78 is 18.8. The maximum atomic E-state index is 13.8. The van der Waals surface area contributed by atoms with Crippen LogP contribution in [-0.2, 0) is 0 Å². The van der Waals surface area contributed by atoms with Crippen molar-refractivity contribution in [2.75, 3.05) is 7.11 Å². The Bertz CT molecular complexity index is 531. The van der Waals surface area contributed by atoms with Crippen LogP contribution in [0.15, 0.2) is 18.2 Å². The van der Waals surface area contributed by atoms with Crippen molar-refractivity contribution in [3.8, 4) is 11.8 Å². The molecular formula is C14H15FN2O2. The molecule has 0 atom stereocenters. The van der Waals surface area contributed by atoms with Crippen molar-refractivity contribution < 1.29 is 13.9 Å². The van der Waals surface area contributed by atoms with Crippen LogP contribution in [0.5, 0.6) is 5.75 Å². The van der Waals surface area contributed by atoms with E-state index >= 15 is 0 Å². The highest BCUT2D eigenvalue weighted by atomic mass is 19.1. The van der Waals surface area contributed by atoms with Crippen LogP contribution >= 0.6 is 0 Å². The van der Waals surface area contributed by atoms with E-state index in [0.717, 1.165) is 12.8 Å². The topological polar surface area (TPSA) is 62.1 Å². The molecule has 0 aromatic heterocycles. The second-order valence-corrected chi connectivity index (χ2v) is 4.67. The number of amides is 1. The number of carbonyl (C=O) groups excluding carboxylic acids is 1. The van der Waals surface area contributed by atoms with Gasteiger partial charge in [0.2, 0.25) is 0 Å². The molecule has 1 N–H and O–H groups in total. The average Bonchev–Trinajstić information content (AvgIpc) is 2.87. The standard InChI is InChI=1S/C14H15FN2O2/c1-19-11-6-4-5-10(15)12(11)13(18)17-14(9-16)7-2-3-8-14/h4-6H,2-3,7-8H2,1H3,(H,17,18). The van der Waals surface area contributed by atoms with Gasteiger partial charge in [0.1, 0.15) is 22.7 Å². The molecule has 0 saturated heterocycles. The molecule has 1 saturated carbocycles. The molecule has 0 bridgehead atoms. The third-order valence-corrected chi connectivity index (χ3v) is 3.45. The lowest BCUT2D eigenvalue weighted by Gasteiger charge is -2.22. The van der Waals surface area contributed by atoms with Crippen molar-refractivity contribution in [1.82, 2.24) is 5.32 Å². The lowest BCUT2D eigenvalue weighted by atomic mass is 9.99. The van der Waals surface area contributed by atoms with Gasteiger partial charge >= 0.3 is 0 Å². The van der Waals surface area contributed by atoms with Crippen LogP contribution in [0, 0.1) is 17.1 Å². The zero-order chi connectivity index (χ0) is 13.9. The zero-order valence-corrected chi connectivity index (χ0v) is 10.7. The quantitative estimate of drug-likeness (QED) is 0.909. The molecular weight excluding hydrogens is 247 g/mol. The van der Waals surface area contributed by atoms with Crippen LogP contribution in [0.4, 0.5) is 4.39 Å². The van der Waals surface area contributed by atoms with Gasteiger partial charge in [-0.15, -0.1) is 0 Å². The van der Waals surface area contributed by atoms with Crippen molar-refractivity contribution in [3.05, 3.63) is 29.6 Å². The number of halogens is 1. The van der Waals surface area contributed by atoms with Crippen LogP contribution in [0.1, 0.15) is 36.0 Å². The van der Waals surface area contributed by atoms with Crippen LogP contribution in [-0.4, -0.2) is 18.6 Å². The molecule has 0 unspecified atom stereocenters. The number of rotatable bonds is 3.